The zero-order chi connectivity index (χ0) is 19.7. The van der Waals surface area contributed by atoms with Crippen LogP contribution in [0.15, 0.2) is 58.5 Å². The summed E-state index contributed by atoms with van der Waals surface area (Å²) in [5.41, 5.74) is 2.50. The number of rotatable bonds is 5. The molecular formula is C22H22N2O3S. The summed E-state index contributed by atoms with van der Waals surface area (Å²) in [6, 6.07) is 15.3. The van der Waals surface area contributed by atoms with Gasteiger partial charge in [0, 0.05) is 6.42 Å². The van der Waals surface area contributed by atoms with E-state index in [4.69, 9.17) is 9.72 Å². The van der Waals surface area contributed by atoms with Gasteiger partial charge in [0.2, 0.25) is 0 Å². The van der Waals surface area contributed by atoms with Crippen LogP contribution in [-0.2, 0) is 9.53 Å². The average Bonchev–Trinajstić information content (AvgIpc) is 3.12. The highest BCUT2D eigenvalue weighted by Crippen LogP contribution is 2.30. The molecule has 2 aromatic carbocycles. The van der Waals surface area contributed by atoms with Crippen LogP contribution in [0, 0.1) is 0 Å². The molecule has 28 heavy (non-hydrogen) atoms. The van der Waals surface area contributed by atoms with E-state index in [0.29, 0.717) is 35.0 Å². The van der Waals surface area contributed by atoms with E-state index >= 15 is 0 Å². The fourth-order valence-corrected chi connectivity index (χ4v) is 4.40. The fraction of sp³-hybridized carbons (Fsp3) is 0.318. The minimum atomic E-state index is -0.335. The van der Waals surface area contributed by atoms with Crippen molar-refractivity contribution < 1.29 is 9.53 Å². The molecule has 4 rings (SSSR count). The van der Waals surface area contributed by atoms with E-state index in [1.807, 2.05) is 30.3 Å². The molecule has 0 amide bonds. The lowest BCUT2D eigenvalue weighted by Gasteiger charge is -2.16. The molecule has 0 N–H and O–H groups in total. The molecule has 1 saturated heterocycles. The molecule has 1 aromatic heterocycles. The maximum absolute atomic E-state index is 13.3. The maximum Gasteiger partial charge on any atom is 0.319 e. The second kappa shape index (κ2) is 7.80. The van der Waals surface area contributed by atoms with Gasteiger partial charge in [-0.15, -0.1) is 0 Å². The molecule has 2 atom stereocenters. The first kappa shape index (κ1) is 18.7. The molecule has 1 fully saturated rings. The molecule has 0 aliphatic carbocycles. The highest BCUT2D eigenvalue weighted by atomic mass is 32.2. The summed E-state index contributed by atoms with van der Waals surface area (Å²) in [6.45, 7) is 4.76. The lowest BCUT2D eigenvalue weighted by atomic mass is 9.98. The summed E-state index contributed by atoms with van der Waals surface area (Å²) >= 11 is 1.30. The van der Waals surface area contributed by atoms with Gasteiger partial charge >= 0.3 is 5.97 Å². The first-order valence-corrected chi connectivity index (χ1v) is 10.4. The smallest absolute Gasteiger partial charge is 0.319 e. The number of ether oxygens (including phenoxy) is 1. The average molecular weight is 394 g/mol. The van der Waals surface area contributed by atoms with E-state index in [2.05, 4.69) is 26.0 Å². The highest BCUT2D eigenvalue weighted by Gasteiger charge is 2.29. The Morgan fingerprint density at radius 2 is 1.93 bits per heavy atom. The Balaban J connectivity index is 1.85. The van der Waals surface area contributed by atoms with E-state index < -0.39 is 0 Å². The second-order valence-corrected chi connectivity index (χ2v) is 8.19. The van der Waals surface area contributed by atoms with Gasteiger partial charge in [-0.05, 0) is 42.2 Å². The predicted octanol–water partition coefficient (Wildman–Crippen LogP) is 4.31. The Morgan fingerprint density at radius 1 is 1.18 bits per heavy atom. The minimum absolute atomic E-state index is 0.129. The van der Waals surface area contributed by atoms with Crippen LogP contribution >= 0.6 is 11.8 Å². The highest BCUT2D eigenvalue weighted by molar-refractivity contribution is 8.00. The van der Waals surface area contributed by atoms with Crippen LogP contribution in [-0.4, -0.2) is 27.4 Å². The number of hydrogen-bond acceptors (Lipinski definition) is 5. The van der Waals surface area contributed by atoms with Crippen molar-refractivity contribution in [1.29, 1.82) is 0 Å². The lowest BCUT2D eigenvalue weighted by molar-refractivity contribution is -0.137. The van der Waals surface area contributed by atoms with Crippen molar-refractivity contribution in [3.63, 3.8) is 0 Å². The van der Waals surface area contributed by atoms with Gasteiger partial charge < -0.3 is 4.74 Å². The molecule has 1 aliphatic heterocycles. The third-order valence-electron chi connectivity index (χ3n) is 5.21. The summed E-state index contributed by atoms with van der Waals surface area (Å²) in [6.07, 6.45) is 1.68. The zero-order valence-corrected chi connectivity index (χ0v) is 16.7. The van der Waals surface area contributed by atoms with Crippen LogP contribution in [0.5, 0.6) is 0 Å². The molecule has 0 unspecified atom stereocenters. The number of aromatic nitrogens is 2. The van der Waals surface area contributed by atoms with E-state index in [0.717, 1.165) is 12.1 Å². The molecular weight excluding hydrogens is 372 g/mol. The van der Waals surface area contributed by atoms with E-state index in [1.165, 1.54) is 17.3 Å². The fourth-order valence-electron chi connectivity index (χ4n) is 3.32. The molecule has 144 valence electrons. The van der Waals surface area contributed by atoms with Gasteiger partial charge in [0.05, 0.1) is 23.2 Å². The van der Waals surface area contributed by atoms with Crippen LogP contribution < -0.4 is 5.56 Å². The van der Waals surface area contributed by atoms with Crippen molar-refractivity contribution in [3.8, 4) is 5.69 Å². The quantitative estimate of drug-likeness (QED) is 0.477. The van der Waals surface area contributed by atoms with Crippen molar-refractivity contribution >= 4 is 28.6 Å². The summed E-state index contributed by atoms with van der Waals surface area (Å²) in [4.78, 5) is 29.9. The Kier molecular flexibility index (Phi) is 5.22. The Morgan fingerprint density at radius 3 is 2.61 bits per heavy atom. The number of fused-ring (bicyclic) bond motifs is 1. The first-order chi connectivity index (χ1) is 13.6. The van der Waals surface area contributed by atoms with Gasteiger partial charge in [-0.25, -0.2) is 4.98 Å². The monoisotopic (exact) mass is 394 g/mol. The minimum Gasteiger partial charge on any atom is -0.465 e. The molecule has 0 saturated carbocycles. The number of esters is 1. The molecule has 0 bridgehead atoms. The number of benzene rings is 2. The van der Waals surface area contributed by atoms with Gasteiger partial charge in [-0.1, -0.05) is 49.9 Å². The number of thioether (sulfide) groups is 1. The van der Waals surface area contributed by atoms with Gasteiger partial charge in [-0.2, -0.15) is 0 Å². The summed E-state index contributed by atoms with van der Waals surface area (Å²) in [7, 11) is 0. The molecule has 0 spiro atoms. The third kappa shape index (κ3) is 3.44. The van der Waals surface area contributed by atoms with Gasteiger partial charge in [0.15, 0.2) is 5.16 Å². The standard InChI is InChI=1S/C22H22N2O3S/c1-3-14(2)15-8-10-16(11-9-15)24-20(25)17-6-4-5-7-18(17)23-22(24)28-19-12-13-27-21(19)26/h4-11,14,19H,3,12-13H2,1-2H3/t14-,19+/m1/s1. The number of hydrogen-bond donors (Lipinski definition) is 0. The summed E-state index contributed by atoms with van der Waals surface area (Å²) in [5, 5.41) is 0.745. The number of cyclic esters (lactones) is 1. The molecule has 5 nitrogen and oxygen atoms in total. The van der Waals surface area contributed by atoms with Crippen LogP contribution in [0.3, 0.4) is 0 Å². The van der Waals surface area contributed by atoms with Crippen molar-refractivity contribution in [2.45, 2.75) is 43.0 Å². The van der Waals surface area contributed by atoms with E-state index in [1.54, 1.807) is 10.6 Å². The zero-order valence-electron chi connectivity index (χ0n) is 15.9. The van der Waals surface area contributed by atoms with Gasteiger partial charge in [0.25, 0.3) is 5.56 Å². The van der Waals surface area contributed by atoms with Crippen LogP contribution in [0.25, 0.3) is 16.6 Å². The molecule has 3 aromatic rings. The van der Waals surface area contributed by atoms with E-state index in [9.17, 15) is 9.59 Å². The van der Waals surface area contributed by atoms with Gasteiger partial charge in [-0.3, -0.25) is 14.2 Å². The predicted molar refractivity (Wildman–Crippen MR) is 111 cm³/mol. The normalized spacial score (nSPS) is 17.6. The van der Waals surface area contributed by atoms with Crippen molar-refractivity contribution in [2.75, 3.05) is 6.61 Å². The second-order valence-electron chi connectivity index (χ2n) is 7.02. The SMILES string of the molecule is CC[C@@H](C)c1ccc(-n2c(S[C@H]3CCOC3=O)nc3ccccc3c2=O)cc1. The topological polar surface area (TPSA) is 61.2 Å². The molecule has 0 radical (unpaired) electrons. The first-order valence-electron chi connectivity index (χ1n) is 9.54. The number of nitrogens with zero attached hydrogens (tertiary/aromatic N) is 2. The number of carbonyl (C=O) groups excluding carboxylic acids is 1. The molecule has 6 heteroatoms. The molecule has 2 heterocycles. The molecule has 1 aliphatic rings. The van der Waals surface area contributed by atoms with Crippen LogP contribution in [0.1, 0.15) is 38.2 Å². The Bertz CT molecular complexity index is 1080. The van der Waals surface area contributed by atoms with Crippen molar-refractivity contribution in [3.05, 3.63) is 64.4 Å². The number of para-hydroxylation sites is 1. The van der Waals surface area contributed by atoms with Gasteiger partial charge in [0.1, 0.15) is 5.25 Å². The van der Waals surface area contributed by atoms with Crippen molar-refractivity contribution in [1.82, 2.24) is 9.55 Å². The number of carbonyl (C=O) groups is 1. The maximum atomic E-state index is 13.3. The van der Waals surface area contributed by atoms with E-state index in [-0.39, 0.29) is 16.8 Å². The summed E-state index contributed by atoms with van der Waals surface area (Å²) in [5.74, 6) is 0.216. The largest absolute Gasteiger partial charge is 0.465 e. The third-order valence-corrected chi connectivity index (χ3v) is 6.41. The van der Waals surface area contributed by atoms with Crippen LogP contribution in [0.4, 0.5) is 0 Å². The lowest BCUT2D eigenvalue weighted by Crippen LogP contribution is -2.23. The Hall–Kier alpha value is -2.60. The van der Waals surface area contributed by atoms with Crippen LogP contribution in [0.2, 0.25) is 0 Å². The summed E-state index contributed by atoms with van der Waals surface area (Å²) < 4.78 is 6.69. The Labute approximate surface area is 167 Å². The van der Waals surface area contributed by atoms with Crippen molar-refractivity contribution in [2.24, 2.45) is 0 Å².